The van der Waals surface area contributed by atoms with E-state index in [1.807, 2.05) is 22.3 Å². The average molecular weight is 277 g/mol. The summed E-state index contributed by atoms with van der Waals surface area (Å²) in [5.74, 6) is 1.59. The predicted molar refractivity (Wildman–Crippen MR) is 67.9 cm³/mol. The molecule has 0 fully saturated rings. The Morgan fingerprint density at radius 3 is 3.21 bits per heavy atom. The minimum atomic E-state index is 0.501. The molecule has 3 heterocycles. The molecule has 0 N–H and O–H groups in total. The van der Waals surface area contributed by atoms with Crippen LogP contribution in [0.25, 0.3) is 11.4 Å². The number of methoxy groups -OCH3 is 1. The monoisotopic (exact) mass is 277 g/mol. The SMILES string of the molecule is COc1nscc1-c1noc(CCn2cccn2)n1. The molecule has 0 aromatic carbocycles. The van der Waals surface area contributed by atoms with Crippen LogP contribution in [0.3, 0.4) is 0 Å². The van der Waals surface area contributed by atoms with E-state index in [0.717, 1.165) is 5.56 Å². The first-order valence-electron chi connectivity index (χ1n) is 5.65. The van der Waals surface area contributed by atoms with Crippen LogP contribution in [0.5, 0.6) is 5.88 Å². The van der Waals surface area contributed by atoms with Gasteiger partial charge in [-0.3, -0.25) is 4.68 Å². The molecule has 0 saturated heterocycles. The molecule has 0 saturated carbocycles. The summed E-state index contributed by atoms with van der Waals surface area (Å²) >= 11 is 1.30. The van der Waals surface area contributed by atoms with Crippen molar-refractivity contribution in [2.45, 2.75) is 13.0 Å². The molecular weight excluding hydrogens is 266 g/mol. The summed E-state index contributed by atoms with van der Waals surface area (Å²) in [5, 5.41) is 9.89. The van der Waals surface area contributed by atoms with Crippen molar-refractivity contribution in [3.63, 3.8) is 0 Å². The maximum absolute atomic E-state index is 5.21. The summed E-state index contributed by atoms with van der Waals surface area (Å²) < 4.78 is 16.2. The van der Waals surface area contributed by atoms with E-state index < -0.39 is 0 Å². The Morgan fingerprint density at radius 2 is 2.42 bits per heavy atom. The minimum absolute atomic E-state index is 0.501. The Balaban J connectivity index is 1.72. The highest BCUT2D eigenvalue weighted by atomic mass is 32.1. The Bertz CT molecular complexity index is 646. The molecule has 0 unspecified atom stereocenters. The molecule has 0 bridgehead atoms. The van der Waals surface area contributed by atoms with Crippen molar-refractivity contribution in [2.75, 3.05) is 7.11 Å². The third-order valence-electron chi connectivity index (χ3n) is 2.55. The fourth-order valence-corrected chi connectivity index (χ4v) is 2.26. The topological polar surface area (TPSA) is 78.9 Å². The van der Waals surface area contributed by atoms with Gasteiger partial charge >= 0.3 is 0 Å². The molecule has 19 heavy (non-hydrogen) atoms. The number of ether oxygens (including phenoxy) is 1. The lowest BCUT2D eigenvalue weighted by Gasteiger charge is -1.96. The standard InChI is InChI=1S/C11H11N5O2S/c1-17-11-8(7-19-15-11)10-13-9(18-14-10)3-6-16-5-2-4-12-16/h2,4-5,7H,3,6H2,1H3. The normalized spacial score (nSPS) is 10.8. The molecule has 3 aromatic heterocycles. The maximum Gasteiger partial charge on any atom is 0.236 e. The van der Waals surface area contributed by atoms with Crippen LogP contribution in [0, 0.1) is 0 Å². The third kappa shape index (κ3) is 2.48. The van der Waals surface area contributed by atoms with Crippen molar-refractivity contribution in [3.8, 4) is 17.3 Å². The van der Waals surface area contributed by atoms with Crippen LogP contribution in [0.1, 0.15) is 5.89 Å². The molecule has 8 heteroatoms. The van der Waals surface area contributed by atoms with Crippen molar-refractivity contribution in [1.29, 1.82) is 0 Å². The highest BCUT2D eigenvalue weighted by Crippen LogP contribution is 2.28. The third-order valence-corrected chi connectivity index (χ3v) is 3.17. The number of aromatic nitrogens is 5. The summed E-state index contributed by atoms with van der Waals surface area (Å²) in [7, 11) is 1.57. The van der Waals surface area contributed by atoms with Gasteiger partial charge in [-0.15, -0.1) is 0 Å². The van der Waals surface area contributed by atoms with Gasteiger partial charge in [-0.2, -0.15) is 14.5 Å². The molecule has 0 aliphatic rings. The van der Waals surface area contributed by atoms with Crippen LogP contribution in [-0.4, -0.2) is 31.4 Å². The molecule has 0 aliphatic heterocycles. The zero-order chi connectivity index (χ0) is 13.1. The first-order valence-corrected chi connectivity index (χ1v) is 6.49. The maximum atomic E-state index is 5.21. The van der Waals surface area contributed by atoms with E-state index in [0.29, 0.717) is 30.6 Å². The predicted octanol–water partition coefficient (Wildman–Crippen LogP) is 1.64. The highest BCUT2D eigenvalue weighted by molar-refractivity contribution is 7.04. The molecule has 3 rings (SSSR count). The number of rotatable bonds is 5. The van der Waals surface area contributed by atoms with Gasteiger partial charge in [0.2, 0.25) is 17.6 Å². The molecule has 7 nitrogen and oxygen atoms in total. The van der Waals surface area contributed by atoms with Gasteiger partial charge in [0.1, 0.15) is 0 Å². The lowest BCUT2D eigenvalue weighted by Crippen LogP contribution is -2.01. The summed E-state index contributed by atoms with van der Waals surface area (Å²) in [5.41, 5.74) is 0.751. The Morgan fingerprint density at radius 1 is 1.47 bits per heavy atom. The fourth-order valence-electron chi connectivity index (χ4n) is 1.63. The van der Waals surface area contributed by atoms with Gasteiger partial charge in [0.15, 0.2) is 0 Å². The van der Waals surface area contributed by atoms with E-state index in [2.05, 4.69) is 19.6 Å². The van der Waals surface area contributed by atoms with E-state index in [1.165, 1.54) is 11.5 Å². The first kappa shape index (κ1) is 11.8. The van der Waals surface area contributed by atoms with Crippen molar-refractivity contribution < 1.29 is 9.26 Å². The molecule has 3 aromatic rings. The van der Waals surface area contributed by atoms with Crippen LogP contribution in [-0.2, 0) is 13.0 Å². The summed E-state index contributed by atoms with van der Waals surface area (Å²) in [6.45, 7) is 0.702. The largest absolute Gasteiger partial charge is 0.480 e. The lowest BCUT2D eigenvalue weighted by molar-refractivity contribution is 0.368. The molecule has 0 spiro atoms. The number of hydrogen-bond donors (Lipinski definition) is 0. The van der Waals surface area contributed by atoms with Crippen LogP contribution in [0.15, 0.2) is 28.4 Å². The van der Waals surface area contributed by atoms with Gasteiger partial charge in [0, 0.05) is 30.7 Å². The van der Waals surface area contributed by atoms with Gasteiger partial charge in [-0.1, -0.05) is 5.16 Å². The van der Waals surface area contributed by atoms with E-state index in [1.54, 1.807) is 13.3 Å². The highest BCUT2D eigenvalue weighted by Gasteiger charge is 2.15. The zero-order valence-corrected chi connectivity index (χ0v) is 11.0. The van der Waals surface area contributed by atoms with E-state index in [-0.39, 0.29) is 0 Å². The lowest BCUT2D eigenvalue weighted by atomic mass is 10.3. The summed E-state index contributed by atoms with van der Waals surface area (Å²) in [6.07, 6.45) is 4.26. The van der Waals surface area contributed by atoms with Crippen LogP contribution in [0.4, 0.5) is 0 Å². The molecule has 98 valence electrons. The second kappa shape index (κ2) is 5.19. The second-order valence-electron chi connectivity index (χ2n) is 3.77. The van der Waals surface area contributed by atoms with Crippen molar-refractivity contribution in [1.82, 2.24) is 24.3 Å². The van der Waals surface area contributed by atoms with Gasteiger partial charge in [0.25, 0.3) is 0 Å². The first-order chi connectivity index (χ1) is 9.36. The van der Waals surface area contributed by atoms with E-state index >= 15 is 0 Å². The number of nitrogens with zero attached hydrogens (tertiary/aromatic N) is 5. The molecule has 0 atom stereocenters. The quantitative estimate of drug-likeness (QED) is 0.705. The van der Waals surface area contributed by atoms with Crippen LogP contribution < -0.4 is 4.74 Å². The number of hydrogen-bond acceptors (Lipinski definition) is 7. The average Bonchev–Trinajstić information content (AvgIpc) is 3.16. The Kier molecular flexibility index (Phi) is 3.23. The van der Waals surface area contributed by atoms with Crippen LogP contribution in [0.2, 0.25) is 0 Å². The van der Waals surface area contributed by atoms with Crippen molar-refractivity contribution in [3.05, 3.63) is 29.7 Å². The molecular formula is C11H11N5O2S. The van der Waals surface area contributed by atoms with E-state index in [4.69, 9.17) is 9.26 Å². The second-order valence-corrected chi connectivity index (χ2v) is 4.40. The van der Waals surface area contributed by atoms with Crippen molar-refractivity contribution in [2.24, 2.45) is 0 Å². The smallest absolute Gasteiger partial charge is 0.236 e. The summed E-state index contributed by atoms with van der Waals surface area (Å²) in [4.78, 5) is 4.33. The Hall–Kier alpha value is -2.22. The molecule has 0 amide bonds. The van der Waals surface area contributed by atoms with Gasteiger partial charge in [-0.05, 0) is 17.6 Å². The van der Waals surface area contributed by atoms with Crippen molar-refractivity contribution >= 4 is 11.5 Å². The minimum Gasteiger partial charge on any atom is -0.480 e. The summed E-state index contributed by atoms with van der Waals surface area (Å²) in [6, 6.07) is 1.88. The molecule has 0 radical (unpaired) electrons. The van der Waals surface area contributed by atoms with Crippen LogP contribution >= 0.6 is 11.5 Å². The number of aryl methyl sites for hydroxylation is 2. The Labute approximate surface area is 113 Å². The molecule has 0 aliphatic carbocycles. The van der Waals surface area contributed by atoms with Gasteiger partial charge in [-0.25, -0.2) is 0 Å². The van der Waals surface area contributed by atoms with Gasteiger partial charge in [0.05, 0.1) is 12.7 Å². The zero-order valence-electron chi connectivity index (χ0n) is 10.2. The van der Waals surface area contributed by atoms with Gasteiger partial charge < -0.3 is 9.26 Å². The van der Waals surface area contributed by atoms with E-state index in [9.17, 15) is 0 Å². The fraction of sp³-hybridized carbons (Fsp3) is 0.273.